The van der Waals surface area contributed by atoms with Crippen LogP contribution >= 0.6 is 0 Å². The molecule has 0 saturated heterocycles. The second-order valence-electron chi connectivity index (χ2n) is 8.34. The molecule has 1 heterocycles. The molecule has 0 unspecified atom stereocenters. The van der Waals surface area contributed by atoms with Gasteiger partial charge in [0.25, 0.3) is 0 Å². The zero-order valence-electron chi connectivity index (χ0n) is 20.7. The zero-order chi connectivity index (χ0) is 25.8. The van der Waals surface area contributed by atoms with Gasteiger partial charge in [-0.15, -0.1) is 10.2 Å². The van der Waals surface area contributed by atoms with Crippen LogP contribution in [0.5, 0.6) is 0 Å². The first-order chi connectivity index (χ1) is 18.9. The van der Waals surface area contributed by atoms with Gasteiger partial charge in [0.15, 0.2) is 0 Å². The maximum absolute atomic E-state index is 4.62. The summed E-state index contributed by atoms with van der Waals surface area (Å²) in [6.07, 6.45) is 3.29. The summed E-state index contributed by atoms with van der Waals surface area (Å²) in [5.74, 6) is 0. The number of hydrogen-bond donors (Lipinski definition) is 0. The van der Waals surface area contributed by atoms with Crippen LogP contribution in [-0.4, -0.2) is 28.8 Å². The molecule has 0 radical (unpaired) electrons. The van der Waals surface area contributed by atoms with Gasteiger partial charge in [0.1, 0.15) is 11.4 Å². The van der Waals surface area contributed by atoms with Crippen molar-refractivity contribution < 1.29 is 0 Å². The van der Waals surface area contributed by atoms with Gasteiger partial charge in [0, 0.05) is 22.3 Å². The summed E-state index contributed by atoms with van der Waals surface area (Å²) in [6, 6.07) is 45.7. The van der Waals surface area contributed by atoms with Crippen LogP contribution in [0.3, 0.4) is 0 Å². The van der Waals surface area contributed by atoms with E-state index in [0.29, 0.717) is 11.4 Å². The monoisotopic (exact) mass is 491 g/mol. The van der Waals surface area contributed by atoms with Gasteiger partial charge in [0.05, 0.1) is 23.8 Å². The number of pyridine rings is 1. The van der Waals surface area contributed by atoms with Crippen molar-refractivity contribution in [3.05, 3.63) is 173 Å². The maximum atomic E-state index is 4.62. The summed E-state index contributed by atoms with van der Waals surface area (Å²) in [4.78, 5) is 4.62. The lowest BCUT2D eigenvalue weighted by Crippen LogP contribution is -2.02. The largest absolute Gasteiger partial charge is 0.246 e. The van der Waals surface area contributed by atoms with Crippen LogP contribution < -0.4 is 0 Å². The fourth-order valence-electron chi connectivity index (χ4n) is 3.85. The van der Waals surface area contributed by atoms with Gasteiger partial charge in [-0.3, -0.25) is 0 Å². The highest BCUT2D eigenvalue weighted by Gasteiger charge is 2.07. The first kappa shape index (κ1) is 24.4. The van der Waals surface area contributed by atoms with Crippen LogP contribution in [0.1, 0.15) is 33.6 Å². The van der Waals surface area contributed by atoms with Gasteiger partial charge in [-0.1, -0.05) is 127 Å². The lowest BCUT2D eigenvalue weighted by molar-refractivity contribution is 1.20. The van der Waals surface area contributed by atoms with Crippen molar-refractivity contribution in [3.8, 4) is 0 Å². The van der Waals surface area contributed by atoms with Gasteiger partial charge < -0.3 is 0 Å². The van der Waals surface area contributed by atoms with E-state index in [-0.39, 0.29) is 0 Å². The quantitative estimate of drug-likeness (QED) is 0.173. The Labute approximate surface area is 222 Å². The molecule has 0 atom stereocenters. The van der Waals surface area contributed by atoms with Crippen molar-refractivity contribution >= 4 is 23.9 Å². The summed E-state index contributed by atoms with van der Waals surface area (Å²) < 4.78 is 0. The van der Waals surface area contributed by atoms with Crippen LogP contribution in [0.2, 0.25) is 0 Å². The fourth-order valence-corrected chi connectivity index (χ4v) is 3.85. The molecule has 0 aliphatic heterocycles. The Bertz CT molecular complexity index is 1370. The lowest BCUT2D eigenvalue weighted by Gasteiger charge is -2.05. The highest BCUT2D eigenvalue weighted by molar-refractivity contribution is 6.13. The van der Waals surface area contributed by atoms with E-state index < -0.39 is 0 Å². The molecular formula is C33H25N5. The minimum absolute atomic E-state index is 0.675. The second-order valence-corrected chi connectivity index (χ2v) is 8.34. The van der Waals surface area contributed by atoms with Gasteiger partial charge >= 0.3 is 0 Å². The average Bonchev–Trinajstić information content (AvgIpc) is 3.00. The Kier molecular flexibility index (Phi) is 8.10. The second kappa shape index (κ2) is 12.6. The molecule has 0 spiro atoms. The molecule has 0 aliphatic carbocycles. The van der Waals surface area contributed by atoms with Gasteiger partial charge in [-0.05, 0) is 12.1 Å². The molecule has 4 aromatic carbocycles. The van der Waals surface area contributed by atoms with E-state index in [1.54, 1.807) is 12.4 Å². The minimum atomic E-state index is 0.675. The summed E-state index contributed by atoms with van der Waals surface area (Å²) >= 11 is 0. The molecule has 5 rings (SSSR count). The van der Waals surface area contributed by atoms with Gasteiger partial charge in [-0.25, -0.2) is 4.98 Å². The standard InChI is InChI=1S/C33H25N5/c1-5-14-26(15-6-1)32(27-16-7-2-8-17-27)37-34-24-30-22-13-23-31(36-30)25-35-38-33(28-18-9-3-10-19-28)29-20-11-4-12-21-29/h1-25H/b34-24+,35-25+. The molecule has 0 bridgehead atoms. The Morgan fingerprint density at radius 1 is 0.395 bits per heavy atom. The van der Waals surface area contributed by atoms with E-state index in [1.807, 2.05) is 140 Å². The normalized spacial score (nSPS) is 10.9. The highest BCUT2D eigenvalue weighted by atomic mass is 15.2. The molecule has 1 aromatic heterocycles. The predicted molar refractivity (Wildman–Crippen MR) is 156 cm³/mol. The molecule has 0 N–H and O–H groups in total. The first-order valence-corrected chi connectivity index (χ1v) is 12.3. The summed E-state index contributed by atoms with van der Waals surface area (Å²) in [5, 5.41) is 17.8. The average molecular weight is 492 g/mol. The molecule has 0 amide bonds. The third-order valence-electron chi connectivity index (χ3n) is 5.68. The summed E-state index contributed by atoms with van der Waals surface area (Å²) in [5.41, 5.74) is 6.92. The molecular weight excluding hydrogens is 466 g/mol. The summed E-state index contributed by atoms with van der Waals surface area (Å²) in [7, 11) is 0. The Balaban J connectivity index is 1.38. The molecule has 5 aromatic rings. The van der Waals surface area contributed by atoms with E-state index in [2.05, 4.69) is 25.4 Å². The van der Waals surface area contributed by atoms with Crippen molar-refractivity contribution in [1.82, 2.24) is 4.98 Å². The van der Waals surface area contributed by atoms with E-state index >= 15 is 0 Å². The predicted octanol–water partition coefficient (Wildman–Crippen LogP) is 6.82. The van der Waals surface area contributed by atoms with Crippen molar-refractivity contribution in [3.63, 3.8) is 0 Å². The van der Waals surface area contributed by atoms with E-state index in [9.17, 15) is 0 Å². The lowest BCUT2D eigenvalue weighted by atomic mass is 10.0. The molecule has 0 fully saturated rings. The third-order valence-corrected chi connectivity index (χ3v) is 5.68. The van der Waals surface area contributed by atoms with Crippen molar-refractivity contribution in [2.24, 2.45) is 20.4 Å². The van der Waals surface area contributed by atoms with Gasteiger partial charge in [-0.2, -0.15) is 10.2 Å². The van der Waals surface area contributed by atoms with E-state index in [0.717, 1.165) is 33.7 Å². The van der Waals surface area contributed by atoms with Crippen LogP contribution in [-0.2, 0) is 0 Å². The van der Waals surface area contributed by atoms with Crippen LogP contribution in [0.4, 0.5) is 0 Å². The topological polar surface area (TPSA) is 62.3 Å². The maximum Gasteiger partial charge on any atom is 0.100 e. The molecule has 0 aliphatic rings. The molecule has 5 heteroatoms. The first-order valence-electron chi connectivity index (χ1n) is 12.3. The number of benzene rings is 4. The van der Waals surface area contributed by atoms with E-state index in [1.165, 1.54) is 0 Å². The van der Waals surface area contributed by atoms with Gasteiger partial charge in [0.2, 0.25) is 0 Å². The molecule has 0 saturated carbocycles. The molecule has 38 heavy (non-hydrogen) atoms. The zero-order valence-corrected chi connectivity index (χ0v) is 20.7. The van der Waals surface area contributed by atoms with Crippen LogP contribution in [0.15, 0.2) is 160 Å². The fraction of sp³-hybridized carbons (Fsp3) is 0. The number of rotatable bonds is 8. The Morgan fingerprint density at radius 2 is 0.711 bits per heavy atom. The van der Waals surface area contributed by atoms with E-state index in [4.69, 9.17) is 0 Å². The third kappa shape index (κ3) is 6.47. The van der Waals surface area contributed by atoms with Crippen molar-refractivity contribution in [2.75, 3.05) is 0 Å². The number of hydrogen-bond acceptors (Lipinski definition) is 5. The SMILES string of the molecule is C(=N\N=C(c1ccccc1)c1ccccc1)/c1cccc(/C=N/N=C(c2ccccc2)c2ccccc2)n1. The highest BCUT2D eigenvalue weighted by Crippen LogP contribution is 2.12. The van der Waals surface area contributed by atoms with Crippen molar-refractivity contribution in [1.29, 1.82) is 0 Å². The minimum Gasteiger partial charge on any atom is -0.246 e. The van der Waals surface area contributed by atoms with Crippen LogP contribution in [0, 0.1) is 0 Å². The Hall–Kier alpha value is -5.29. The Morgan fingerprint density at radius 3 is 1.03 bits per heavy atom. The number of nitrogens with zero attached hydrogens (tertiary/aromatic N) is 5. The number of aromatic nitrogens is 1. The molecule has 5 nitrogen and oxygen atoms in total. The smallest absolute Gasteiger partial charge is 0.100 e. The van der Waals surface area contributed by atoms with Crippen LogP contribution in [0.25, 0.3) is 0 Å². The van der Waals surface area contributed by atoms with Crippen molar-refractivity contribution in [2.45, 2.75) is 0 Å². The molecule has 182 valence electrons. The summed E-state index contributed by atoms with van der Waals surface area (Å²) in [6.45, 7) is 0.